The Bertz CT molecular complexity index is 896. The Balaban J connectivity index is 1.93. The van der Waals surface area contributed by atoms with E-state index in [1.807, 2.05) is 42.7 Å². The van der Waals surface area contributed by atoms with Crippen LogP contribution in [0.5, 0.6) is 0 Å². The van der Waals surface area contributed by atoms with Gasteiger partial charge in [-0.05, 0) is 43.6 Å². The van der Waals surface area contributed by atoms with Crippen molar-refractivity contribution in [2.75, 3.05) is 11.6 Å². The lowest BCUT2D eigenvalue weighted by atomic mass is 9.85. The summed E-state index contributed by atoms with van der Waals surface area (Å²) < 4.78 is 0. The van der Waals surface area contributed by atoms with Gasteiger partial charge in [-0.2, -0.15) is 5.26 Å². The number of nitrogens with one attached hydrogen (secondary N) is 2. The third-order valence-electron chi connectivity index (χ3n) is 5.36. The number of amides is 1. The van der Waals surface area contributed by atoms with Crippen molar-refractivity contribution in [3.63, 3.8) is 0 Å². The highest BCUT2D eigenvalue weighted by Crippen LogP contribution is 2.43. The molecular weight excluding hydrogens is 342 g/mol. The zero-order valence-corrected chi connectivity index (χ0v) is 15.6. The van der Waals surface area contributed by atoms with E-state index in [2.05, 4.69) is 16.7 Å². The van der Waals surface area contributed by atoms with Crippen LogP contribution in [0.3, 0.4) is 0 Å². The SMILES string of the molecule is CSc1cc(-c2ccccc2)c(C#N)c2c1C(=O)NC1(CCCCC1)N2. The van der Waals surface area contributed by atoms with Crippen LogP contribution in [0, 0.1) is 11.3 Å². The number of nitrogens with zero attached hydrogens (tertiary/aromatic N) is 1. The molecule has 1 heterocycles. The topological polar surface area (TPSA) is 64.9 Å². The second-order valence-corrected chi connectivity index (χ2v) is 7.80. The summed E-state index contributed by atoms with van der Waals surface area (Å²) in [6, 6.07) is 14.2. The Kier molecular flexibility index (Phi) is 4.37. The van der Waals surface area contributed by atoms with Gasteiger partial charge in [0, 0.05) is 10.5 Å². The molecular formula is C21H21N3OS. The first kappa shape index (κ1) is 17.0. The molecule has 132 valence electrons. The number of rotatable bonds is 2. The number of hydrogen-bond donors (Lipinski definition) is 2. The van der Waals surface area contributed by atoms with Crippen LogP contribution in [0.25, 0.3) is 11.1 Å². The van der Waals surface area contributed by atoms with Gasteiger partial charge in [0.25, 0.3) is 5.91 Å². The number of hydrogen-bond acceptors (Lipinski definition) is 4. The molecule has 1 aliphatic carbocycles. The average Bonchev–Trinajstić information content (AvgIpc) is 2.67. The van der Waals surface area contributed by atoms with E-state index in [9.17, 15) is 10.1 Å². The smallest absolute Gasteiger partial charge is 0.256 e. The number of thioether (sulfide) groups is 1. The predicted octanol–water partition coefficient (Wildman–Crippen LogP) is 4.76. The van der Waals surface area contributed by atoms with Crippen molar-refractivity contribution in [3.05, 3.63) is 47.5 Å². The lowest BCUT2D eigenvalue weighted by molar-refractivity contribution is 0.0873. The molecule has 2 N–H and O–H groups in total. The molecule has 0 unspecified atom stereocenters. The zero-order chi connectivity index (χ0) is 18.1. The van der Waals surface area contributed by atoms with Crippen molar-refractivity contribution in [2.24, 2.45) is 0 Å². The van der Waals surface area contributed by atoms with E-state index in [-0.39, 0.29) is 5.91 Å². The Morgan fingerprint density at radius 1 is 1.12 bits per heavy atom. The molecule has 0 saturated heterocycles. The molecule has 1 spiro atoms. The van der Waals surface area contributed by atoms with Crippen LogP contribution in [0.4, 0.5) is 5.69 Å². The first-order valence-electron chi connectivity index (χ1n) is 8.99. The molecule has 0 atom stereocenters. The fourth-order valence-corrected chi connectivity index (χ4v) is 4.72. The van der Waals surface area contributed by atoms with Crippen molar-refractivity contribution in [1.29, 1.82) is 5.26 Å². The molecule has 0 radical (unpaired) electrons. The van der Waals surface area contributed by atoms with Gasteiger partial charge in [-0.15, -0.1) is 11.8 Å². The van der Waals surface area contributed by atoms with Crippen LogP contribution >= 0.6 is 11.8 Å². The molecule has 26 heavy (non-hydrogen) atoms. The van der Waals surface area contributed by atoms with Crippen LogP contribution in [0.1, 0.15) is 48.0 Å². The third kappa shape index (κ3) is 2.75. The Morgan fingerprint density at radius 3 is 2.50 bits per heavy atom. The van der Waals surface area contributed by atoms with E-state index < -0.39 is 5.66 Å². The van der Waals surface area contributed by atoms with Crippen LogP contribution < -0.4 is 10.6 Å². The predicted molar refractivity (Wildman–Crippen MR) is 105 cm³/mol. The lowest BCUT2D eigenvalue weighted by Gasteiger charge is -2.44. The summed E-state index contributed by atoms with van der Waals surface area (Å²) in [6.07, 6.45) is 7.11. The maximum atomic E-state index is 13.0. The molecule has 1 saturated carbocycles. The summed E-state index contributed by atoms with van der Waals surface area (Å²) in [6.45, 7) is 0. The number of carbonyl (C=O) groups excluding carboxylic acids is 1. The number of benzene rings is 2. The molecule has 4 nitrogen and oxygen atoms in total. The molecule has 1 amide bonds. The Morgan fingerprint density at radius 2 is 1.85 bits per heavy atom. The molecule has 2 aromatic rings. The molecule has 1 aliphatic heterocycles. The highest BCUT2D eigenvalue weighted by Gasteiger charge is 2.41. The highest BCUT2D eigenvalue weighted by molar-refractivity contribution is 7.98. The number of carbonyl (C=O) groups is 1. The Hall–Kier alpha value is -2.45. The first-order chi connectivity index (χ1) is 12.7. The zero-order valence-electron chi connectivity index (χ0n) is 14.8. The lowest BCUT2D eigenvalue weighted by Crippen LogP contribution is -2.58. The van der Waals surface area contributed by atoms with Gasteiger partial charge < -0.3 is 10.6 Å². The second kappa shape index (κ2) is 6.69. The van der Waals surface area contributed by atoms with Gasteiger partial charge in [0.05, 0.1) is 16.8 Å². The monoisotopic (exact) mass is 363 g/mol. The second-order valence-electron chi connectivity index (χ2n) is 6.95. The largest absolute Gasteiger partial charge is 0.361 e. The van der Waals surface area contributed by atoms with Crippen molar-refractivity contribution >= 4 is 23.4 Å². The fourth-order valence-electron chi connectivity index (χ4n) is 4.09. The summed E-state index contributed by atoms with van der Waals surface area (Å²) in [5, 5.41) is 16.7. The summed E-state index contributed by atoms with van der Waals surface area (Å²) >= 11 is 1.54. The van der Waals surface area contributed by atoms with Crippen molar-refractivity contribution in [1.82, 2.24) is 5.32 Å². The van der Waals surface area contributed by atoms with Crippen molar-refractivity contribution in [2.45, 2.75) is 42.7 Å². The van der Waals surface area contributed by atoms with Crippen LogP contribution in [-0.4, -0.2) is 17.8 Å². The van der Waals surface area contributed by atoms with Gasteiger partial charge in [-0.1, -0.05) is 36.8 Å². The quantitative estimate of drug-likeness (QED) is 0.755. The standard InChI is InChI=1S/C21H21N3OS/c1-26-17-12-15(14-8-4-2-5-9-14)16(13-22)19-18(17)20(25)24-21(23-19)10-6-3-7-11-21/h2,4-5,8-9,12,23H,3,6-7,10-11H2,1H3,(H,24,25). The maximum Gasteiger partial charge on any atom is 0.256 e. The van der Waals surface area contributed by atoms with Crippen molar-refractivity contribution < 1.29 is 4.79 Å². The molecule has 2 aliphatic rings. The fraction of sp³-hybridized carbons (Fsp3) is 0.333. The minimum absolute atomic E-state index is 0.0684. The molecule has 5 heteroatoms. The minimum Gasteiger partial charge on any atom is -0.361 e. The minimum atomic E-state index is -0.418. The van der Waals surface area contributed by atoms with E-state index in [1.54, 1.807) is 11.8 Å². The van der Waals surface area contributed by atoms with Crippen LogP contribution in [0.2, 0.25) is 0 Å². The van der Waals surface area contributed by atoms with Gasteiger partial charge >= 0.3 is 0 Å². The molecule has 0 bridgehead atoms. The van der Waals surface area contributed by atoms with E-state index in [4.69, 9.17) is 0 Å². The van der Waals surface area contributed by atoms with Gasteiger partial charge in [-0.25, -0.2) is 0 Å². The summed E-state index contributed by atoms with van der Waals surface area (Å²) in [4.78, 5) is 13.9. The normalized spacial score (nSPS) is 17.8. The van der Waals surface area contributed by atoms with E-state index >= 15 is 0 Å². The van der Waals surface area contributed by atoms with Crippen LogP contribution in [-0.2, 0) is 0 Å². The number of anilines is 1. The van der Waals surface area contributed by atoms with Gasteiger partial charge in [0.15, 0.2) is 0 Å². The van der Waals surface area contributed by atoms with E-state index in [0.29, 0.717) is 16.8 Å². The first-order valence-corrected chi connectivity index (χ1v) is 10.2. The average molecular weight is 363 g/mol. The van der Waals surface area contributed by atoms with E-state index in [0.717, 1.165) is 41.7 Å². The summed E-state index contributed by atoms with van der Waals surface area (Å²) in [7, 11) is 0. The number of nitriles is 1. The van der Waals surface area contributed by atoms with Crippen LogP contribution in [0.15, 0.2) is 41.3 Å². The van der Waals surface area contributed by atoms with Gasteiger partial charge in [-0.3, -0.25) is 4.79 Å². The summed E-state index contributed by atoms with van der Waals surface area (Å²) in [5.41, 5.74) is 3.31. The Labute approximate surface area is 158 Å². The van der Waals surface area contributed by atoms with Crippen molar-refractivity contribution in [3.8, 4) is 17.2 Å². The molecule has 1 fully saturated rings. The third-order valence-corrected chi connectivity index (χ3v) is 6.12. The maximum absolute atomic E-state index is 13.0. The highest BCUT2D eigenvalue weighted by atomic mass is 32.2. The number of fused-ring (bicyclic) bond motifs is 1. The molecule has 2 aromatic carbocycles. The molecule has 0 aromatic heterocycles. The summed E-state index contributed by atoms with van der Waals surface area (Å²) in [5.74, 6) is -0.0684. The molecule has 4 rings (SSSR count). The van der Waals surface area contributed by atoms with Gasteiger partial charge in [0.1, 0.15) is 11.7 Å². The van der Waals surface area contributed by atoms with E-state index in [1.165, 1.54) is 6.42 Å². The van der Waals surface area contributed by atoms with Gasteiger partial charge in [0.2, 0.25) is 0 Å².